The Bertz CT molecular complexity index is 556. The van der Waals surface area contributed by atoms with Crippen molar-refractivity contribution in [2.45, 2.75) is 25.9 Å². The molecular weight excluding hydrogens is 252 g/mol. The second kappa shape index (κ2) is 6.87. The van der Waals surface area contributed by atoms with Crippen LogP contribution >= 0.6 is 0 Å². The van der Waals surface area contributed by atoms with Crippen molar-refractivity contribution >= 4 is 5.97 Å². The van der Waals surface area contributed by atoms with E-state index in [1.165, 1.54) is 0 Å². The van der Waals surface area contributed by atoms with E-state index in [-0.39, 0.29) is 13.0 Å². The van der Waals surface area contributed by atoms with Gasteiger partial charge in [0.15, 0.2) is 0 Å². The minimum Gasteiger partial charge on any atom is -0.481 e. The van der Waals surface area contributed by atoms with Crippen molar-refractivity contribution < 1.29 is 15.0 Å². The quantitative estimate of drug-likeness (QED) is 0.847. The van der Waals surface area contributed by atoms with Gasteiger partial charge in [-0.1, -0.05) is 48.5 Å². The van der Waals surface area contributed by atoms with Gasteiger partial charge in [0.05, 0.1) is 6.61 Å². The second-order valence-corrected chi connectivity index (χ2v) is 4.80. The highest BCUT2D eigenvalue weighted by molar-refractivity contribution is 5.66. The molecule has 0 saturated carbocycles. The lowest BCUT2D eigenvalue weighted by Gasteiger charge is -2.05. The van der Waals surface area contributed by atoms with Crippen molar-refractivity contribution in [3.63, 3.8) is 0 Å². The number of carbonyl (C=O) groups is 1. The zero-order valence-corrected chi connectivity index (χ0v) is 11.2. The number of aliphatic carboxylic acids is 1. The molecule has 0 heterocycles. The maximum Gasteiger partial charge on any atom is 0.303 e. The summed E-state index contributed by atoms with van der Waals surface area (Å²) >= 11 is 0. The Kier molecular flexibility index (Phi) is 4.91. The Morgan fingerprint density at radius 2 is 1.35 bits per heavy atom. The summed E-state index contributed by atoms with van der Waals surface area (Å²) < 4.78 is 0. The van der Waals surface area contributed by atoms with Crippen LogP contribution in [0.15, 0.2) is 48.5 Å². The SMILES string of the molecule is O=C(O)CCCc1ccc(-c2ccc(CO)cc2)cc1. The lowest BCUT2D eigenvalue weighted by molar-refractivity contribution is -0.137. The van der Waals surface area contributed by atoms with Crippen molar-refractivity contribution in [2.24, 2.45) is 0 Å². The largest absolute Gasteiger partial charge is 0.481 e. The first-order valence-electron chi connectivity index (χ1n) is 6.70. The molecule has 2 N–H and O–H groups in total. The fourth-order valence-electron chi connectivity index (χ4n) is 2.11. The Morgan fingerprint density at radius 1 is 0.850 bits per heavy atom. The highest BCUT2D eigenvalue weighted by atomic mass is 16.4. The van der Waals surface area contributed by atoms with Crippen LogP contribution < -0.4 is 0 Å². The number of benzene rings is 2. The van der Waals surface area contributed by atoms with Crippen molar-refractivity contribution in [2.75, 3.05) is 0 Å². The summed E-state index contributed by atoms with van der Waals surface area (Å²) in [6.45, 7) is 0.0583. The summed E-state index contributed by atoms with van der Waals surface area (Å²) in [7, 11) is 0. The average molecular weight is 270 g/mol. The topological polar surface area (TPSA) is 57.5 Å². The maximum absolute atomic E-state index is 10.5. The fraction of sp³-hybridized carbons (Fsp3) is 0.235. The number of hydrogen-bond donors (Lipinski definition) is 2. The third-order valence-electron chi connectivity index (χ3n) is 3.28. The highest BCUT2D eigenvalue weighted by Gasteiger charge is 2.01. The molecule has 0 atom stereocenters. The highest BCUT2D eigenvalue weighted by Crippen LogP contribution is 2.21. The fourth-order valence-corrected chi connectivity index (χ4v) is 2.11. The van der Waals surface area contributed by atoms with Gasteiger partial charge in [-0.05, 0) is 35.1 Å². The van der Waals surface area contributed by atoms with Gasteiger partial charge < -0.3 is 10.2 Å². The Hall–Kier alpha value is -2.13. The minimum absolute atomic E-state index is 0.0583. The summed E-state index contributed by atoms with van der Waals surface area (Å²) in [5, 5.41) is 17.6. The third-order valence-corrected chi connectivity index (χ3v) is 3.28. The van der Waals surface area contributed by atoms with E-state index < -0.39 is 5.97 Å². The summed E-state index contributed by atoms with van der Waals surface area (Å²) in [6, 6.07) is 16.0. The number of aliphatic hydroxyl groups excluding tert-OH is 1. The first-order valence-corrected chi connectivity index (χ1v) is 6.70. The number of carboxylic acid groups (broad SMARTS) is 1. The Balaban J connectivity index is 2.01. The smallest absolute Gasteiger partial charge is 0.303 e. The van der Waals surface area contributed by atoms with Crippen molar-refractivity contribution in [1.82, 2.24) is 0 Å². The van der Waals surface area contributed by atoms with Crippen LogP contribution in [0.2, 0.25) is 0 Å². The number of hydrogen-bond acceptors (Lipinski definition) is 2. The van der Waals surface area contributed by atoms with Gasteiger partial charge in [-0.3, -0.25) is 4.79 Å². The van der Waals surface area contributed by atoms with Crippen molar-refractivity contribution in [1.29, 1.82) is 0 Å². The van der Waals surface area contributed by atoms with E-state index in [1.54, 1.807) is 0 Å². The molecule has 2 aromatic carbocycles. The van der Waals surface area contributed by atoms with Crippen molar-refractivity contribution in [3.8, 4) is 11.1 Å². The number of aliphatic hydroxyl groups is 1. The molecule has 0 saturated heterocycles. The molecule has 0 aliphatic heterocycles. The number of aryl methyl sites for hydroxylation is 1. The molecule has 0 aromatic heterocycles. The molecule has 2 rings (SSSR count). The molecule has 2 aromatic rings. The monoisotopic (exact) mass is 270 g/mol. The zero-order chi connectivity index (χ0) is 14.4. The van der Waals surface area contributed by atoms with E-state index in [0.717, 1.165) is 28.7 Å². The molecule has 0 aliphatic carbocycles. The van der Waals surface area contributed by atoms with Crippen LogP contribution in [-0.4, -0.2) is 16.2 Å². The van der Waals surface area contributed by atoms with Crippen LogP contribution in [0.3, 0.4) is 0 Å². The minimum atomic E-state index is -0.745. The molecule has 0 aliphatic rings. The van der Waals surface area contributed by atoms with Gasteiger partial charge in [-0.15, -0.1) is 0 Å². The van der Waals surface area contributed by atoms with Gasteiger partial charge in [0.1, 0.15) is 0 Å². The van der Waals surface area contributed by atoms with Gasteiger partial charge in [0.2, 0.25) is 0 Å². The summed E-state index contributed by atoms with van der Waals surface area (Å²) in [5.41, 5.74) is 4.29. The lowest BCUT2D eigenvalue weighted by atomic mass is 10.0. The predicted molar refractivity (Wildman–Crippen MR) is 78.4 cm³/mol. The van der Waals surface area contributed by atoms with Crippen LogP contribution in [0.4, 0.5) is 0 Å². The summed E-state index contributed by atoms with van der Waals surface area (Å²) in [5.74, 6) is -0.745. The van der Waals surface area contributed by atoms with E-state index in [0.29, 0.717) is 6.42 Å². The Labute approximate surface area is 118 Å². The maximum atomic E-state index is 10.5. The molecule has 3 nitrogen and oxygen atoms in total. The Morgan fingerprint density at radius 3 is 1.80 bits per heavy atom. The molecular formula is C17H18O3. The lowest BCUT2D eigenvalue weighted by Crippen LogP contribution is -1.95. The average Bonchev–Trinajstić information content (AvgIpc) is 2.48. The van der Waals surface area contributed by atoms with Crippen LogP contribution in [0.1, 0.15) is 24.0 Å². The van der Waals surface area contributed by atoms with E-state index in [2.05, 4.69) is 0 Å². The number of carboxylic acids is 1. The van der Waals surface area contributed by atoms with Crippen LogP contribution in [0.25, 0.3) is 11.1 Å². The van der Waals surface area contributed by atoms with Gasteiger partial charge >= 0.3 is 5.97 Å². The first kappa shape index (κ1) is 14.3. The molecule has 0 fully saturated rings. The van der Waals surface area contributed by atoms with Crippen LogP contribution in [-0.2, 0) is 17.8 Å². The molecule has 3 heteroatoms. The molecule has 0 radical (unpaired) electrons. The van der Waals surface area contributed by atoms with Crippen LogP contribution in [0.5, 0.6) is 0 Å². The molecule has 0 bridgehead atoms. The van der Waals surface area contributed by atoms with Gasteiger partial charge in [-0.2, -0.15) is 0 Å². The normalized spacial score (nSPS) is 10.4. The summed E-state index contributed by atoms with van der Waals surface area (Å²) in [6.07, 6.45) is 1.67. The van der Waals surface area contributed by atoms with E-state index in [9.17, 15) is 4.79 Å². The third kappa shape index (κ3) is 3.93. The number of rotatable bonds is 6. The van der Waals surface area contributed by atoms with E-state index in [1.807, 2.05) is 48.5 Å². The van der Waals surface area contributed by atoms with Gasteiger partial charge in [0.25, 0.3) is 0 Å². The molecule has 0 amide bonds. The van der Waals surface area contributed by atoms with E-state index >= 15 is 0 Å². The molecule has 0 unspecified atom stereocenters. The molecule has 0 spiro atoms. The standard InChI is InChI=1S/C17H18O3/c18-12-14-6-10-16(11-7-14)15-8-4-13(5-9-15)2-1-3-17(19)20/h4-11,18H,1-3,12H2,(H,19,20). The van der Waals surface area contributed by atoms with Crippen molar-refractivity contribution in [3.05, 3.63) is 59.7 Å². The predicted octanol–water partition coefficient (Wildman–Crippen LogP) is 3.25. The molecule has 104 valence electrons. The van der Waals surface area contributed by atoms with E-state index in [4.69, 9.17) is 10.2 Å². The second-order valence-electron chi connectivity index (χ2n) is 4.80. The van der Waals surface area contributed by atoms with Crippen LogP contribution in [0, 0.1) is 0 Å². The zero-order valence-electron chi connectivity index (χ0n) is 11.2. The first-order chi connectivity index (χ1) is 9.69. The summed E-state index contributed by atoms with van der Waals surface area (Å²) in [4.78, 5) is 10.5. The molecule has 20 heavy (non-hydrogen) atoms. The van der Waals surface area contributed by atoms with Gasteiger partial charge in [0, 0.05) is 6.42 Å². The van der Waals surface area contributed by atoms with Gasteiger partial charge in [-0.25, -0.2) is 0 Å².